The normalized spacial score (nSPS) is 12.1. The zero-order valence-corrected chi connectivity index (χ0v) is 16.3. The van der Waals surface area contributed by atoms with E-state index in [4.69, 9.17) is 0 Å². The highest BCUT2D eigenvalue weighted by atomic mass is 32.2. The molecule has 2 aromatic heterocycles. The molecule has 0 fully saturated rings. The van der Waals surface area contributed by atoms with Crippen LogP contribution in [0.4, 0.5) is 5.13 Å². The van der Waals surface area contributed by atoms with Crippen molar-refractivity contribution >= 4 is 49.4 Å². The van der Waals surface area contributed by atoms with E-state index in [1.165, 1.54) is 6.08 Å². The molecule has 1 aromatic carbocycles. The number of nitriles is 1. The van der Waals surface area contributed by atoms with Gasteiger partial charge in [-0.05, 0) is 32.1 Å². The second kappa shape index (κ2) is 6.94. The molecule has 1 amide bonds. The van der Waals surface area contributed by atoms with Gasteiger partial charge in [0.1, 0.15) is 11.6 Å². The van der Waals surface area contributed by atoms with Gasteiger partial charge >= 0.3 is 0 Å². The fraction of sp³-hybridized carbons (Fsp3) is 0.176. The van der Waals surface area contributed by atoms with E-state index in [0.29, 0.717) is 0 Å². The molecule has 2 N–H and O–H groups in total. The monoisotopic (exact) mass is 401 g/mol. The van der Waals surface area contributed by atoms with Gasteiger partial charge in [-0.1, -0.05) is 11.6 Å². The van der Waals surface area contributed by atoms with Crippen LogP contribution in [0, 0.1) is 25.2 Å². The molecule has 3 aromatic rings. The molecule has 10 heteroatoms. The van der Waals surface area contributed by atoms with E-state index in [2.05, 4.69) is 19.7 Å². The van der Waals surface area contributed by atoms with Crippen LogP contribution in [0.3, 0.4) is 0 Å². The summed E-state index contributed by atoms with van der Waals surface area (Å²) in [4.78, 5) is 19.4. The van der Waals surface area contributed by atoms with Crippen molar-refractivity contribution in [3.05, 3.63) is 40.6 Å². The minimum absolute atomic E-state index is 0.00747. The summed E-state index contributed by atoms with van der Waals surface area (Å²) in [6.45, 7) is 3.82. The third-order valence-corrected chi connectivity index (χ3v) is 5.40. The Hall–Kier alpha value is -3.03. The highest BCUT2D eigenvalue weighted by Gasteiger charge is 2.18. The van der Waals surface area contributed by atoms with Gasteiger partial charge in [0.2, 0.25) is 15.0 Å². The van der Waals surface area contributed by atoms with E-state index in [0.717, 1.165) is 45.5 Å². The third-order valence-electron chi connectivity index (χ3n) is 3.80. The van der Waals surface area contributed by atoms with Crippen LogP contribution in [0.2, 0.25) is 0 Å². The van der Waals surface area contributed by atoms with Gasteiger partial charge in [-0.2, -0.15) is 14.6 Å². The number of hydrogen-bond acceptors (Lipinski definition) is 7. The van der Waals surface area contributed by atoms with Crippen molar-refractivity contribution < 1.29 is 13.2 Å². The van der Waals surface area contributed by atoms with Gasteiger partial charge in [-0.3, -0.25) is 10.1 Å². The summed E-state index contributed by atoms with van der Waals surface area (Å²) in [5.41, 5.74) is 3.41. The minimum atomic E-state index is -3.57. The Balaban J connectivity index is 1.94. The van der Waals surface area contributed by atoms with Crippen LogP contribution in [-0.4, -0.2) is 34.9 Å². The van der Waals surface area contributed by atoms with Gasteiger partial charge in [0.15, 0.2) is 0 Å². The summed E-state index contributed by atoms with van der Waals surface area (Å²) in [5, 5.41) is 12.4. The Kier molecular flexibility index (Phi) is 4.82. The summed E-state index contributed by atoms with van der Waals surface area (Å²) in [6, 6.07) is 7.76. The maximum atomic E-state index is 12.4. The number of anilines is 1. The first-order chi connectivity index (χ1) is 12.7. The van der Waals surface area contributed by atoms with E-state index in [1.807, 2.05) is 38.1 Å². The second-order valence-electron chi connectivity index (χ2n) is 5.99. The van der Waals surface area contributed by atoms with Crippen molar-refractivity contribution in [2.45, 2.75) is 19.0 Å². The third kappa shape index (κ3) is 3.89. The van der Waals surface area contributed by atoms with E-state index < -0.39 is 15.7 Å². The zero-order chi connectivity index (χ0) is 19.8. The lowest BCUT2D eigenvalue weighted by atomic mass is 10.1. The summed E-state index contributed by atoms with van der Waals surface area (Å²) in [7, 11) is -3.57. The predicted octanol–water partition coefficient (Wildman–Crippen LogP) is 2.59. The van der Waals surface area contributed by atoms with Crippen LogP contribution in [0.5, 0.6) is 0 Å². The fourth-order valence-electron chi connectivity index (χ4n) is 2.52. The number of nitrogens with one attached hydrogen (secondary N) is 2. The Labute approximate surface area is 159 Å². The molecule has 0 aliphatic carbocycles. The molecule has 0 atom stereocenters. The molecule has 0 spiro atoms. The number of fused-ring (bicyclic) bond motifs is 1. The van der Waals surface area contributed by atoms with Crippen molar-refractivity contribution in [3.8, 4) is 6.07 Å². The van der Waals surface area contributed by atoms with Crippen LogP contribution >= 0.6 is 11.5 Å². The first-order valence-corrected chi connectivity index (χ1v) is 10.4. The number of nitrogens with zero attached hydrogens (tertiary/aromatic N) is 3. The first kappa shape index (κ1) is 18.8. The van der Waals surface area contributed by atoms with E-state index in [1.54, 1.807) is 0 Å². The number of H-pyrrole nitrogens is 1. The van der Waals surface area contributed by atoms with Crippen LogP contribution in [-0.2, 0) is 14.6 Å². The molecule has 0 saturated carbocycles. The maximum Gasteiger partial charge on any atom is 0.268 e. The number of amides is 1. The predicted molar refractivity (Wildman–Crippen MR) is 103 cm³/mol. The molecule has 0 radical (unpaired) electrons. The molecule has 0 bridgehead atoms. The quantitative estimate of drug-likeness (QED) is 0.511. The summed E-state index contributed by atoms with van der Waals surface area (Å²) >= 11 is 0.733. The highest BCUT2D eigenvalue weighted by molar-refractivity contribution is 7.90. The van der Waals surface area contributed by atoms with Crippen molar-refractivity contribution in [2.24, 2.45) is 0 Å². The van der Waals surface area contributed by atoms with E-state index in [-0.39, 0.29) is 15.9 Å². The van der Waals surface area contributed by atoms with Gasteiger partial charge in [0.25, 0.3) is 11.1 Å². The molecule has 3 rings (SSSR count). The first-order valence-electron chi connectivity index (χ1n) is 7.75. The Morgan fingerprint density at radius 1 is 1.37 bits per heavy atom. The van der Waals surface area contributed by atoms with Gasteiger partial charge in [0.05, 0.1) is 0 Å². The number of benzene rings is 1. The van der Waals surface area contributed by atoms with E-state index >= 15 is 0 Å². The molecule has 8 nitrogen and oxygen atoms in total. The van der Waals surface area contributed by atoms with Gasteiger partial charge < -0.3 is 4.98 Å². The summed E-state index contributed by atoms with van der Waals surface area (Å²) in [6.07, 6.45) is 2.48. The number of sulfone groups is 1. The maximum absolute atomic E-state index is 12.4. The van der Waals surface area contributed by atoms with Crippen LogP contribution in [0.1, 0.15) is 16.8 Å². The molecule has 0 saturated heterocycles. The Bertz CT molecular complexity index is 1230. The fourth-order valence-corrected chi connectivity index (χ4v) is 3.96. The molecule has 27 heavy (non-hydrogen) atoms. The minimum Gasteiger partial charge on any atom is -0.358 e. The molecule has 138 valence electrons. The van der Waals surface area contributed by atoms with Crippen molar-refractivity contribution in [1.82, 2.24) is 14.3 Å². The molecule has 2 heterocycles. The Morgan fingerprint density at radius 3 is 2.74 bits per heavy atom. The average Bonchev–Trinajstić information content (AvgIpc) is 3.17. The number of aryl methyl sites for hydroxylation is 2. The van der Waals surface area contributed by atoms with Crippen molar-refractivity contribution in [3.63, 3.8) is 0 Å². The molecule has 0 unspecified atom stereocenters. The number of aromatic amines is 1. The van der Waals surface area contributed by atoms with Gasteiger partial charge in [-0.15, -0.1) is 0 Å². The number of hydrogen-bond donors (Lipinski definition) is 2. The summed E-state index contributed by atoms with van der Waals surface area (Å²) < 4.78 is 26.5. The van der Waals surface area contributed by atoms with Crippen LogP contribution < -0.4 is 5.32 Å². The smallest absolute Gasteiger partial charge is 0.268 e. The van der Waals surface area contributed by atoms with E-state index in [9.17, 15) is 18.5 Å². The standard InChI is InChI=1S/C17H15N5O3S2/c1-9-4-5-14-13(6-9)12(10(2)19-14)7-11(8-18)15(23)20-16-21-17(22-26-16)27(3,24)25/h4-7,19H,1-3H3,(H,20,21,22,23)/b11-7-. The highest BCUT2D eigenvalue weighted by Crippen LogP contribution is 2.26. The molecular weight excluding hydrogens is 386 g/mol. The van der Waals surface area contributed by atoms with Crippen molar-refractivity contribution in [2.75, 3.05) is 11.6 Å². The van der Waals surface area contributed by atoms with Crippen LogP contribution in [0.15, 0.2) is 28.9 Å². The van der Waals surface area contributed by atoms with Crippen LogP contribution in [0.25, 0.3) is 17.0 Å². The number of carbonyl (C=O) groups is 1. The number of aromatic nitrogens is 3. The largest absolute Gasteiger partial charge is 0.358 e. The van der Waals surface area contributed by atoms with Crippen molar-refractivity contribution in [1.29, 1.82) is 5.26 Å². The van der Waals surface area contributed by atoms with Gasteiger partial charge in [0, 0.05) is 39.9 Å². The lowest BCUT2D eigenvalue weighted by molar-refractivity contribution is -0.112. The Morgan fingerprint density at radius 2 is 2.11 bits per heavy atom. The van der Waals surface area contributed by atoms with Gasteiger partial charge in [-0.25, -0.2) is 8.42 Å². The number of carbonyl (C=O) groups excluding carboxylic acids is 1. The molecular formula is C17H15N5O3S2. The lowest BCUT2D eigenvalue weighted by Crippen LogP contribution is -2.13. The molecule has 0 aliphatic rings. The molecule has 0 aliphatic heterocycles. The second-order valence-corrected chi connectivity index (χ2v) is 8.65. The average molecular weight is 401 g/mol. The number of rotatable bonds is 4. The topological polar surface area (TPSA) is 129 Å². The zero-order valence-electron chi connectivity index (χ0n) is 14.7. The summed E-state index contributed by atoms with van der Waals surface area (Å²) in [5.74, 6) is -0.685. The SMILES string of the molecule is Cc1ccc2[nH]c(C)c(/C=C(/C#N)C(=O)Nc3nc(S(C)(=O)=O)ns3)c2c1. The lowest BCUT2D eigenvalue weighted by Gasteiger charge is -2.00.